The van der Waals surface area contributed by atoms with Crippen molar-refractivity contribution in [3.8, 4) is 11.5 Å². The summed E-state index contributed by atoms with van der Waals surface area (Å²) in [5.41, 5.74) is 0.733. The third-order valence-corrected chi connectivity index (χ3v) is 2.55. The average molecular weight is 312 g/mol. The lowest BCUT2D eigenvalue weighted by Crippen LogP contribution is -1.72. The highest BCUT2D eigenvalue weighted by Gasteiger charge is 2.04. The minimum absolute atomic E-state index is 0.0753. The highest BCUT2D eigenvalue weighted by molar-refractivity contribution is 7.98. The van der Waals surface area contributed by atoms with Crippen molar-refractivity contribution in [3.05, 3.63) is 48.5 Å². The van der Waals surface area contributed by atoms with Gasteiger partial charge in [-0.2, -0.15) is 13.9 Å². The summed E-state index contributed by atoms with van der Waals surface area (Å²) >= 11 is 0.546. The van der Waals surface area contributed by atoms with E-state index in [1.54, 1.807) is 12.1 Å². The quantitative estimate of drug-likeness (QED) is 0.776. The van der Waals surface area contributed by atoms with E-state index in [0.29, 0.717) is 17.4 Å². The van der Waals surface area contributed by atoms with Crippen LogP contribution in [0.25, 0.3) is 0 Å². The van der Waals surface area contributed by atoms with Gasteiger partial charge in [-0.15, -0.1) is 5.11 Å². The van der Waals surface area contributed by atoms with Crippen LogP contribution in [0.1, 0.15) is 0 Å². The monoisotopic (exact) mass is 312 g/mol. The Hall–Kier alpha value is -2.15. The molecule has 4 nitrogen and oxygen atoms in total. The molecule has 0 amide bonds. The Kier molecular flexibility index (Phi) is 7.17. The Morgan fingerprint density at radius 2 is 1.43 bits per heavy atom. The molecule has 0 aromatic heterocycles. The molecule has 0 unspecified atom stereocenters. The van der Waals surface area contributed by atoms with Crippen molar-refractivity contribution < 1.29 is 19.0 Å². The second-order valence-electron chi connectivity index (χ2n) is 3.68. The highest BCUT2D eigenvalue weighted by Crippen LogP contribution is 2.36. The Morgan fingerprint density at radius 3 is 1.90 bits per heavy atom. The Bertz CT molecular complexity index is 560. The van der Waals surface area contributed by atoms with Gasteiger partial charge in [0.25, 0.3) is 5.76 Å². The number of phenols is 2. The largest absolute Gasteiger partial charge is 0.505 e. The number of thioether (sulfide) groups is 1. The summed E-state index contributed by atoms with van der Waals surface area (Å²) < 4.78 is 21.5. The van der Waals surface area contributed by atoms with E-state index in [1.807, 2.05) is 18.2 Å². The van der Waals surface area contributed by atoms with E-state index < -0.39 is 5.76 Å². The van der Waals surface area contributed by atoms with Gasteiger partial charge >= 0.3 is 0 Å². The highest BCUT2D eigenvalue weighted by atomic mass is 32.2. The van der Waals surface area contributed by atoms with Gasteiger partial charge in [0.05, 0.1) is 5.69 Å². The fourth-order valence-electron chi connectivity index (χ4n) is 1.22. The lowest BCUT2D eigenvalue weighted by Gasteiger charge is -1.99. The number of phenolic OH excluding ortho intramolecular Hbond substituents is 2. The van der Waals surface area contributed by atoms with Gasteiger partial charge < -0.3 is 10.2 Å². The third-order valence-electron chi connectivity index (χ3n) is 2.19. The Morgan fingerprint density at radius 1 is 0.905 bits per heavy atom. The molecule has 0 saturated heterocycles. The number of rotatable bonds is 3. The van der Waals surface area contributed by atoms with Gasteiger partial charge in [-0.25, -0.2) is 0 Å². The van der Waals surface area contributed by atoms with E-state index in [9.17, 15) is 19.0 Å². The molecule has 0 heterocycles. The zero-order chi connectivity index (χ0) is 15.7. The predicted molar refractivity (Wildman–Crippen MR) is 79.9 cm³/mol. The number of halogens is 2. The Balaban J connectivity index is 0.000000383. The molecule has 0 radical (unpaired) electrons. The second kappa shape index (κ2) is 8.91. The zero-order valence-electron chi connectivity index (χ0n) is 11.1. The minimum atomic E-state index is -2.20. The van der Waals surface area contributed by atoms with Crippen LogP contribution >= 0.6 is 11.8 Å². The number of azo groups is 1. The molecule has 0 fully saturated rings. The van der Waals surface area contributed by atoms with E-state index in [1.165, 1.54) is 24.5 Å². The SMILES string of the molecule is CSC(F)F.Oc1cccc(O)c1N=Nc1ccccc1. The van der Waals surface area contributed by atoms with Crippen LogP contribution in [0.5, 0.6) is 11.5 Å². The maximum absolute atomic E-state index is 10.7. The molecule has 112 valence electrons. The molecular weight excluding hydrogens is 298 g/mol. The van der Waals surface area contributed by atoms with Crippen molar-refractivity contribution in [1.29, 1.82) is 0 Å². The van der Waals surface area contributed by atoms with Crippen LogP contribution in [-0.4, -0.2) is 22.2 Å². The predicted octanol–water partition coefficient (Wildman–Crippen LogP) is 5.09. The maximum Gasteiger partial charge on any atom is 0.284 e. The van der Waals surface area contributed by atoms with E-state index in [-0.39, 0.29) is 17.2 Å². The van der Waals surface area contributed by atoms with Crippen molar-refractivity contribution in [1.82, 2.24) is 0 Å². The smallest absolute Gasteiger partial charge is 0.284 e. The van der Waals surface area contributed by atoms with Crippen molar-refractivity contribution in [2.45, 2.75) is 5.76 Å². The summed E-state index contributed by atoms with van der Waals surface area (Å²) in [5.74, 6) is -2.39. The van der Waals surface area contributed by atoms with Gasteiger partial charge in [-0.1, -0.05) is 36.0 Å². The molecule has 0 atom stereocenters. The first-order chi connectivity index (χ1) is 10.0. The molecule has 2 aromatic carbocycles. The molecule has 0 bridgehead atoms. The van der Waals surface area contributed by atoms with Crippen LogP contribution < -0.4 is 0 Å². The number of aromatic hydroxyl groups is 2. The first-order valence-electron chi connectivity index (χ1n) is 5.83. The average Bonchev–Trinajstić information content (AvgIpc) is 2.48. The molecule has 0 aliphatic rings. The number of alkyl halides is 2. The molecule has 0 spiro atoms. The summed E-state index contributed by atoms with van der Waals surface area (Å²) in [6.07, 6.45) is 1.37. The van der Waals surface area contributed by atoms with Gasteiger partial charge in [0.1, 0.15) is 11.5 Å². The first kappa shape index (κ1) is 16.9. The lowest BCUT2D eigenvalue weighted by molar-refractivity contribution is 0.252. The van der Waals surface area contributed by atoms with Gasteiger partial charge in [-0.3, -0.25) is 0 Å². The number of hydrogen-bond acceptors (Lipinski definition) is 5. The van der Waals surface area contributed by atoms with Crippen LogP contribution in [0.15, 0.2) is 58.8 Å². The van der Waals surface area contributed by atoms with E-state index in [0.717, 1.165) is 0 Å². The van der Waals surface area contributed by atoms with E-state index in [2.05, 4.69) is 10.2 Å². The molecule has 21 heavy (non-hydrogen) atoms. The Labute approximate surface area is 125 Å². The van der Waals surface area contributed by atoms with E-state index >= 15 is 0 Å². The fourth-order valence-corrected chi connectivity index (χ4v) is 1.22. The van der Waals surface area contributed by atoms with Crippen LogP contribution in [0.3, 0.4) is 0 Å². The maximum atomic E-state index is 10.7. The topological polar surface area (TPSA) is 65.2 Å². The van der Waals surface area contributed by atoms with Crippen molar-refractivity contribution in [3.63, 3.8) is 0 Å². The van der Waals surface area contributed by atoms with Crippen molar-refractivity contribution in [2.75, 3.05) is 6.26 Å². The van der Waals surface area contributed by atoms with Gasteiger partial charge in [0, 0.05) is 0 Å². The molecule has 2 aromatic rings. The van der Waals surface area contributed by atoms with Crippen molar-refractivity contribution >= 4 is 23.1 Å². The molecule has 2 rings (SSSR count). The molecule has 0 saturated carbocycles. The van der Waals surface area contributed by atoms with E-state index in [4.69, 9.17) is 0 Å². The standard InChI is InChI=1S/C12H10N2O2.C2H4F2S/c15-10-7-4-8-11(16)12(10)14-13-9-5-2-1-3-6-9;1-5-2(3)4/h1-8,15-16H;2H,1H3. The van der Waals surface area contributed by atoms with Gasteiger partial charge in [0.2, 0.25) is 0 Å². The van der Waals surface area contributed by atoms with Crippen LogP contribution in [-0.2, 0) is 0 Å². The fraction of sp³-hybridized carbons (Fsp3) is 0.143. The second-order valence-corrected chi connectivity index (χ2v) is 4.50. The number of hydrogen-bond donors (Lipinski definition) is 2. The van der Waals surface area contributed by atoms with Crippen LogP contribution in [0, 0.1) is 0 Å². The summed E-state index contributed by atoms with van der Waals surface area (Å²) in [4.78, 5) is 0. The molecule has 2 N–H and O–H groups in total. The lowest BCUT2D eigenvalue weighted by atomic mass is 10.3. The number of benzene rings is 2. The third kappa shape index (κ3) is 6.22. The molecular formula is C14H14F2N2O2S. The van der Waals surface area contributed by atoms with Gasteiger partial charge in [0.15, 0.2) is 5.69 Å². The number of nitrogens with zero attached hydrogens (tertiary/aromatic N) is 2. The van der Waals surface area contributed by atoms with Crippen molar-refractivity contribution in [2.24, 2.45) is 10.2 Å². The van der Waals surface area contributed by atoms with Gasteiger partial charge in [-0.05, 0) is 30.5 Å². The zero-order valence-corrected chi connectivity index (χ0v) is 12.0. The summed E-state index contributed by atoms with van der Waals surface area (Å²) in [6.45, 7) is 0. The molecule has 7 heteroatoms. The summed E-state index contributed by atoms with van der Waals surface area (Å²) in [5, 5.41) is 26.6. The normalized spacial score (nSPS) is 10.5. The summed E-state index contributed by atoms with van der Waals surface area (Å²) in [6, 6.07) is 13.5. The molecule has 0 aliphatic heterocycles. The first-order valence-corrected chi connectivity index (χ1v) is 7.12. The van der Waals surface area contributed by atoms with Crippen LogP contribution in [0.4, 0.5) is 20.2 Å². The summed E-state index contributed by atoms with van der Waals surface area (Å²) in [7, 11) is 0. The molecule has 0 aliphatic carbocycles. The minimum Gasteiger partial charge on any atom is -0.505 e. The van der Waals surface area contributed by atoms with Crippen LogP contribution in [0.2, 0.25) is 0 Å².